The molecule has 7 heavy (non-hydrogen) atoms. The SMILES string of the molecule is N.O=P(O)(O)O.[Zn]. The van der Waals surface area contributed by atoms with Gasteiger partial charge in [0.05, 0.1) is 0 Å². The van der Waals surface area contributed by atoms with Crippen LogP contribution >= 0.6 is 7.82 Å². The smallest absolute Gasteiger partial charge is 0.344 e. The van der Waals surface area contributed by atoms with Crippen molar-refractivity contribution < 1.29 is 38.7 Å². The summed E-state index contributed by atoms with van der Waals surface area (Å²) >= 11 is 0. The number of rotatable bonds is 0. The predicted octanol–water partition coefficient (Wildman–Crippen LogP) is -0.769. The van der Waals surface area contributed by atoms with Gasteiger partial charge in [0.2, 0.25) is 0 Å². The molecule has 0 saturated carbocycles. The van der Waals surface area contributed by atoms with E-state index < -0.39 is 7.82 Å². The molecule has 0 heterocycles. The summed E-state index contributed by atoms with van der Waals surface area (Å²) in [6, 6.07) is 0. The van der Waals surface area contributed by atoms with Crippen LogP contribution in [0.15, 0.2) is 0 Å². The normalized spacial score (nSPS) is 8.43. The van der Waals surface area contributed by atoms with Crippen molar-refractivity contribution in [2.45, 2.75) is 0 Å². The van der Waals surface area contributed by atoms with Gasteiger partial charge in [-0.3, -0.25) is 0 Å². The van der Waals surface area contributed by atoms with Gasteiger partial charge in [0.25, 0.3) is 0 Å². The molecular formula is H6NO4PZn. The van der Waals surface area contributed by atoms with E-state index in [-0.39, 0.29) is 25.6 Å². The second-order valence-electron chi connectivity index (χ2n) is 0.513. The zero-order chi connectivity index (χ0) is 4.50. The Labute approximate surface area is 53.3 Å². The molecule has 7 heteroatoms. The minimum Gasteiger partial charge on any atom is -0.344 e. The molecule has 6 N–H and O–H groups in total. The summed E-state index contributed by atoms with van der Waals surface area (Å²) in [6.07, 6.45) is 0. The summed E-state index contributed by atoms with van der Waals surface area (Å²) in [6.45, 7) is 0. The second-order valence-corrected chi connectivity index (χ2v) is 1.54. The van der Waals surface area contributed by atoms with Gasteiger partial charge < -0.3 is 20.8 Å². The largest absolute Gasteiger partial charge is 0.466 e. The average Bonchev–Trinajstić information content (AvgIpc) is 0.722. The van der Waals surface area contributed by atoms with Gasteiger partial charge in [-0.05, 0) is 0 Å². The van der Waals surface area contributed by atoms with Crippen molar-refractivity contribution in [1.29, 1.82) is 0 Å². The van der Waals surface area contributed by atoms with E-state index in [0.29, 0.717) is 0 Å². The van der Waals surface area contributed by atoms with E-state index in [1.54, 1.807) is 0 Å². The molecule has 0 aliphatic rings. The molecule has 0 aromatic heterocycles. The zero-order valence-electron chi connectivity index (χ0n) is 3.61. The van der Waals surface area contributed by atoms with Crippen molar-refractivity contribution in [3.8, 4) is 0 Å². The molecule has 5 nitrogen and oxygen atoms in total. The summed E-state index contributed by atoms with van der Waals surface area (Å²) in [4.78, 5) is 21.6. The first kappa shape index (κ1) is 15.6. The number of hydrogen-bond donors (Lipinski definition) is 4. The summed E-state index contributed by atoms with van der Waals surface area (Å²) in [7, 11) is -4.64. The molecule has 0 radical (unpaired) electrons. The van der Waals surface area contributed by atoms with Crippen LogP contribution in [-0.4, -0.2) is 14.7 Å². The maximum atomic E-state index is 8.88. The van der Waals surface area contributed by atoms with E-state index in [2.05, 4.69) is 0 Å². The molecule has 0 atom stereocenters. The standard InChI is InChI=1S/H3N.H3O4P.Zn/c;1-5(2,3)4;/h1H3;(H3,1,2,3,4);. The molecule has 0 aromatic carbocycles. The first-order valence-electron chi connectivity index (χ1n) is 0.783. The van der Waals surface area contributed by atoms with Crippen LogP contribution in [0.2, 0.25) is 0 Å². The fourth-order valence-electron chi connectivity index (χ4n) is 0. The van der Waals surface area contributed by atoms with Gasteiger partial charge in [0.1, 0.15) is 0 Å². The Kier molecular flexibility index (Phi) is 10.8. The van der Waals surface area contributed by atoms with Crippen LogP contribution in [0.5, 0.6) is 0 Å². The summed E-state index contributed by atoms with van der Waals surface area (Å²) in [5, 5.41) is 0. The zero-order valence-corrected chi connectivity index (χ0v) is 7.47. The van der Waals surface area contributed by atoms with Gasteiger partial charge in [-0.1, -0.05) is 0 Å². The number of hydrogen-bond acceptors (Lipinski definition) is 2. The molecule has 0 rings (SSSR count). The summed E-state index contributed by atoms with van der Waals surface area (Å²) in [5.41, 5.74) is 0. The third-order valence-electron chi connectivity index (χ3n) is 0. The summed E-state index contributed by atoms with van der Waals surface area (Å²) < 4.78 is 8.88. The van der Waals surface area contributed by atoms with Gasteiger partial charge in [0.15, 0.2) is 0 Å². The predicted molar refractivity (Wildman–Crippen MR) is 19.3 cm³/mol. The van der Waals surface area contributed by atoms with E-state index >= 15 is 0 Å². The Morgan fingerprint density at radius 3 is 1.14 bits per heavy atom. The second kappa shape index (κ2) is 4.84. The molecule has 0 aliphatic heterocycles. The van der Waals surface area contributed by atoms with E-state index in [4.69, 9.17) is 19.2 Å². The van der Waals surface area contributed by atoms with Gasteiger partial charge >= 0.3 is 7.82 Å². The Morgan fingerprint density at radius 1 is 1.14 bits per heavy atom. The van der Waals surface area contributed by atoms with Gasteiger partial charge in [-0.15, -0.1) is 0 Å². The molecule has 0 fully saturated rings. The Balaban J connectivity index is -0.0000000800. The monoisotopic (exact) mass is 179 g/mol. The topological polar surface area (TPSA) is 113 Å². The van der Waals surface area contributed by atoms with Crippen LogP contribution in [0.3, 0.4) is 0 Å². The molecule has 42 valence electrons. The van der Waals surface area contributed by atoms with Crippen molar-refractivity contribution in [2.75, 3.05) is 0 Å². The first-order valence-corrected chi connectivity index (χ1v) is 2.35. The molecule has 0 unspecified atom stereocenters. The Morgan fingerprint density at radius 2 is 1.14 bits per heavy atom. The van der Waals surface area contributed by atoms with Crippen molar-refractivity contribution in [3.63, 3.8) is 0 Å². The molecule has 0 saturated heterocycles. The molecule has 0 aliphatic carbocycles. The van der Waals surface area contributed by atoms with Crippen LogP contribution in [0.4, 0.5) is 0 Å². The fraction of sp³-hybridized carbons (Fsp3) is 0. The molecule has 0 amide bonds. The van der Waals surface area contributed by atoms with Gasteiger partial charge in [-0.25, -0.2) is 4.57 Å². The Hall–Kier alpha value is 0.693. The third-order valence-corrected chi connectivity index (χ3v) is 0. The molecule has 0 spiro atoms. The summed E-state index contributed by atoms with van der Waals surface area (Å²) in [5.74, 6) is 0. The van der Waals surface area contributed by atoms with E-state index in [0.717, 1.165) is 0 Å². The van der Waals surface area contributed by atoms with E-state index in [1.165, 1.54) is 0 Å². The quantitative estimate of drug-likeness (QED) is 0.289. The van der Waals surface area contributed by atoms with Crippen LogP contribution in [0, 0.1) is 0 Å². The van der Waals surface area contributed by atoms with Gasteiger partial charge in [0, 0.05) is 19.5 Å². The van der Waals surface area contributed by atoms with Crippen LogP contribution in [0.25, 0.3) is 0 Å². The van der Waals surface area contributed by atoms with Gasteiger partial charge in [-0.2, -0.15) is 0 Å². The van der Waals surface area contributed by atoms with Crippen LogP contribution in [0.1, 0.15) is 0 Å². The molecule has 0 aromatic rings. The minimum absolute atomic E-state index is 0. The molecule has 0 bridgehead atoms. The number of phosphoric acid groups is 1. The van der Waals surface area contributed by atoms with Crippen LogP contribution < -0.4 is 6.15 Å². The maximum absolute atomic E-state index is 8.88. The fourth-order valence-corrected chi connectivity index (χ4v) is 0. The van der Waals surface area contributed by atoms with Crippen molar-refractivity contribution in [1.82, 2.24) is 6.15 Å². The van der Waals surface area contributed by atoms with E-state index in [1.807, 2.05) is 0 Å². The molecular weight excluding hydrogens is 174 g/mol. The Bertz CT molecular complexity index is 57.8. The maximum Gasteiger partial charge on any atom is 0.466 e. The van der Waals surface area contributed by atoms with Crippen molar-refractivity contribution in [2.24, 2.45) is 0 Å². The van der Waals surface area contributed by atoms with Crippen molar-refractivity contribution >= 4 is 7.82 Å². The first-order chi connectivity index (χ1) is 2.00. The minimum atomic E-state index is -4.64. The average molecular weight is 180 g/mol. The van der Waals surface area contributed by atoms with Crippen LogP contribution in [-0.2, 0) is 24.0 Å². The third kappa shape index (κ3) is 307. The van der Waals surface area contributed by atoms with E-state index in [9.17, 15) is 0 Å². The van der Waals surface area contributed by atoms with Crippen molar-refractivity contribution in [3.05, 3.63) is 0 Å².